The lowest BCUT2D eigenvalue weighted by molar-refractivity contribution is -0.0467. The minimum absolute atomic E-state index is 0.00164. The van der Waals surface area contributed by atoms with Gasteiger partial charge in [0.05, 0.1) is 5.56 Å². The Balaban J connectivity index is 1.57. The van der Waals surface area contributed by atoms with Gasteiger partial charge in [-0.15, -0.1) is 0 Å². The molecule has 4 unspecified atom stereocenters. The van der Waals surface area contributed by atoms with Crippen molar-refractivity contribution < 1.29 is 9.53 Å². The van der Waals surface area contributed by atoms with Crippen molar-refractivity contribution >= 4 is 11.7 Å². The van der Waals surface area contributed by atoms with E-state index in [1.54, 1.807) is 24.3 Å². The molecule has 2 N–H and O–H groups in total. The van der Waals surface area contributed by atoms with E-state index >= 15 is 0 Å². The molecule has 1 aromatic carbocycles. The van der Waals surface area contributed by atoms with Gasteiger partial charge in [-0.05, 0) is 74.4 Å². The standard InChI is InChI=1S/C23H34N2O2/c1-22(2)19-11-12-23(22,3)20(18(19)15-25-13-5-4-6-14-25)27-21(26)16-7-9-17(24)10-8-16/h7-10,18-20H,4-6,11-15,24H2,1-3H3. The second kappa shape index (κ2) is 6.80. The van der Waals surface area contributed by atoms with Crippen LogP contribution in [-0.4, -0.2) is 36.6 Å². The number of ether oxygens (including phenoxy) is 1. The number of benzene rings is 1. The van der Waals surface area contributed by atoms with Gasteiger partial charge in [0.2, 0.25) is 0 Å². The van der Waals surface area contributed by atoms with Gasteiger partial charge >= 0.3 is 5.97 Å². The predicted molar refractivity (Wildman–Crippen MR) is 108 cm³/mol. The van der Waals surface area contributed by atoms with Gasteiger partial charge in [0, 0.05) is 23.6 Å². The zero-order valence-corrected chi connectivity index (χ0v) is 17.0. The van der Waals surface area contributed by atoms with E-state index in [0.29, 0.717) is 23.1 Å². The van der Waals surface area contributed by atoms with Crippen LogP contribution in [0.15, 0.2) is 24.3 Å². The van der Waals surface area contributed by atoms with Gasteiger partial charge < -0.3 is 15.4 Å². The number of nitrogen functional groups attached to an aromatic ring is 1. The quantitative estimate of drug-likeness (QED) is 0.632. The number of carbonyl (C=O) groups excluding carboxylic acids is 1. The first-order valence-electron chi connectivity index (χ1n) is 10.6. The highest BCUT2D eigenvalue weighted by molar-refractivity contribution is 5.90. The van der Waals surface area contributed by atoms with E-state index in [9.17, 15) is 4.79 Å². The molecule has 2 saturated carbocycles. The lowest BCUT2D eigenvalue weighted by Gasteiger charge is -2.40. The van der Waals surface area contributed by atoms with Gasteiger partial charge in [-0.2, -0.15) is 0 Å². The molecule has 0 spiro atoms. The largest absolute Gasteiger partial charge is 0.458 e. The van der Waals surface area contributed by atoms with Crippen LogP contribution in [0.25, 0.3) is 0 Å². The first-order valence-corrected chi connectivity index (χ1v) is 10.6. The molecule has 1 saturated heterocycles. The molecule has 0 radical (unpaired) electrons. The average molecular weight is 371 g/mol. The highest BCUT2D eigenvalue weighted by Gasteiger charge is 2.67. The Morgan fingerprint density at radius 2 is 1.81 bits per heavy atom. The van der Waals surface area contributed by atoms with Crippen LogP contribution in [0, 0.1) is 22.7 Å². The number of piperidine rings is 1. The monoisotopic (exact) mass is 370 g/mol. The van der Waals surface area contributed by atoms with Crippen molar-refractivity contribution in [3.05, 3.63) is 29.8 Å². The summed E-state index contributed by atoms with van der Waals surface area (Å²) in [7, 11) is 0. The third-order valence-electron chi connectivity index (χ3n) is 8.21. The maximum Gasteiger partial charge on any atom is 0.338 e. The van der Waals surface area contributed by atoms with Crippen LogP contribution >= 0.6 is 0 Å². The summed E-state index contributed by atoms with van der Waals surface area (Å²) in [5.41, 5.74) is 7.30. The summed E-state index contributed by atoms with van der Waals surface area (Å²) in [6, 6.07) is 7.10. The Morgan fingerprint density at radius 1 is 1.15 bits per heavy atom. The maximum absolute atomic E-state index is 12.9. The van der Waals surface area contributed by atoms with E-state index in [1.165, 1.54) is 38.8 Å². The third-order valence-corrected chi connectivity index (χ3v) is 8.21. The summed E-state index contributed by atoms with van der Waals surface area (Å²) >= 11 is 0. The van der Waals surface area contributed by atoms with Gasteiger partial charge in [-0.1, -0.05) is 27.2 Å². The van der Waals surface area contributed by atoms with Crippen molar-refractivity contribution in [3.8, 4) is 0 Å². The Morgan fingerprint density at radius 3 is 2.48 bits per heavy atom. The molecule has 3 aliphatic rings. The number of fused-ring (bicyclic) bond motifs is 2. The molecule has 4 atom stereocenters. The fourth-order valence-corrected chi connectivity index (χ4v) is 6.19. The summed E-state index contributed by atoms with van der Waals surface area (Å²) in [6.45, 7) is 10.6. The van der Waals surface area contributed by atoms with Gasteiger partial charge in [-0.3, -0.25) is 0 Å². The molecule has 4 heteroatoms. The highest BCUT2D eigenvalue weighted by Crippen LogP contribution is 2.68. The Hall–Kier alpha value is -1.55. The summed E-state index contributed by atoms with van der Waals surface area (Å²) in [5, 5.41) is 0. The predicted octanol–water partition coefficient (Wildman–Crippen LogP) is 4.35. The van der Waals surface area contributed by atoms with Crippen molar-refractivity contribution in [1.29, 1.82) is 0 Å². The molecular weight excluding hydrogens is 336 g/mol. The van der Waals surface area contributed by atoms with Crippen molar-refractivity contribution in [2.75, 3.05) is 25.4 Å². The van der Waals surface area contributed by atoms with E-state index in [0.717, 1.165) is 13.0 Å². The molecule has 2 bridgehead atoms. The van der Waals surface area contributed by atoms with Crippen LogP contribution in [0.3, 0.4) is 0 Å². The van der Waals surface area contributed by atoms with Gasteiger partial charge in [-0.25, -0.2) is 4.79 Å². The van der Waals surface area contributed by atoms with Gasteiger partial charge in [0.15, 0.2) is 0 Å². The molecular formula is C23H34N2O2. The smallest absolute Gasteiger partial charge is 0.338 e. The summed E-state index contributed by atoms with van der Waals surface area (Å²) in [6.07, 6.45) is 6.36. The van der Waals surface area contributed by atoms with Gasteiger partial charge in [0.1, 0.15) is 6.10 Å². The third kappa shape index (κ3) is 3.06. The van der Waals surface area contributed by atoms with Crippen LogP contribution in [0.2, 0.25) is 0 Å². The normalized spacial score (nSPS) is 35.3. The number of hydrogen-bond acceptors (Lipinski definition) is 4. The molecule has 0 aromatic heterocycles. The van der Waals surface area contributed by atoms with Crippen molar-refractivity contribution in [1.82, 2.24) is 4.90 Å². The van der Waals surface area contributed by atoms with Crippen molar-refractivity contribution in [2.24, 2.45) is 22.7 Å². The van der Waals surface area contributed by atoms with Crippen LogP contribution in [-0.2, 0) is 4.74 Å². The number of nitrogens with zero attached hydrogens (tertiary/aromatic N) is 1. The maximum atomic E-state index is 12.9. The lowest BCUT2D eigenvalue weighted by atomic mass is 9.70. The minimum atomic E-state index is -0.201. The molecule has 0 amide bonds. The number of hydrogen-bond donors (Lipinski definition) is 1. The van der Waals surface area contributed by atoms with Gasteiger partial charge in [0.25, 0.3) is 0 Å². The summed E-state index contributed by atoms with van der Waals surface area (Å²) in [5.74, 6) is 0.872. The van der Waals surface area contributed by atoms with E-state index in [4.69, 9.17) is 10.5 Å². The fourth-order valence-electron chi connectivity index (χ4n) is 6.19. The molecule has 1 heterocycles. The van der Waals surface area contributed by atoms with E-state index in [-0.39, 0.29) is 22.9 Å². The molecule has 1 aliphatic heterocycles. The van der Waals surface area contributed by atoms with E-state index in [2.05, 4.69) is 25.7 Å². The molecule has 27 heavy (non-hydrogen) atoms. The SMILES string of the molecule is CC1(C)C2CCC1(C)C(OC(=O)c1ccc(N)cc1)C2CN1CCCCC1. The topological polar surface area (TPSA) is 55.6 Å². The summed E-state index contributed by atoms with van der Waals surface area (Å²) in [4.78, 5) is 15.5. The second-order valence-electron chi connectivity index (χ2n) is 9.76. The molecule has 148 valence electrons. The Kier molecular flexibility index (Phi) is 4.74. The fraction of sp³-hybridized carbons (Fsp3) is 0.696. The van der Waals surface area contributed by atoms with Crippen LogP contribution < -0.4 is 5.73 Å². The van der Waals surface area contributed by atoms with Crippen LogP contribution in [0.4, 0.5) is 5.69 Å². The van der Waals surface area contributed by atoms with Crippen LogP contribution in [0.5, 0.6) is 0 Å². The molecule has 4 nitrogen and oxygen atoms in total. The first-order chi connectivity index (χ1) is 12.8. The minimum Gasteiger partial charge on any atom is -0.458 e. The first kappa shape index (κ1) is 18.8. The zero-order valence-electron chi connectivity index (χ0n) is 17.0. The number of nitrogens with two attached hydrogens (primary N) is 1. The molecule has 1 aromatic rings. The Bertz CT molecular complexity index is 693. The summed E-state index contributed by atoms with van der Waals surface area (Å²) < 4.78 is 6.26. The lowest BCUT2D eigenvalue weighted by Crippen LogP contribution is -2.45. The Labute approximate surface area is 163 Å². The van der Waals surface area contributed by atoms with Crippen molar-refractivity contribution in [2.45, 2.75) is 59.0 Å². The molecule has 4 rings (SSSR count). The zero-order chi connectivity index (χ0) is 19.2. The van der Waals surface area contributed by atoms with Crippen molar-refractivity contribution in [3.63, 3.8) is 0 Å². The van der Waals surface area contributed by atoms with E-state index < -0.39 is 0 Å². The van der Waals surface area contributed by atoms with E-state index in [1.807, 2.05) is 0 Å². The highest BCUT2D eigenvalue weighted by atomic mass is 16.5. The number of rotatable bonds is 4. The number of likely N-dealkylation sites (tertiary alicyclic amines) is 1. The molecule has 2 aliphatic carbocycles. The number of carbonyl (C=O) groups is 1. The van der Waals surface area contributed by atoms with Crippen LogP contribution in [0.1, 0.15) is 63.2 Å². The number of anilines is 1. The average Bonchev–Trinajstić information content (AvgIpc) is 2.96. The molecule has 3 fully saturated rings. The second-order valence-corrected chi connectivity index (χ2v) is 9.76. The number of esters is 1.